The largest absolute Gasteiger partial charge is 0.494 e. The van der Waals surface area contributed by atoms with E-state index in [2.05, 4.69) is 13.0 Å². The molecule has 7 nitrogen and oxygen atoms in total. The first-order valence-electron chi connectivity index (χ1n) is 13.7. The first-order valence-corrected chi connectivity index (χ1v) is 14.1. The first kappa shape index (κ1) is 28.1. The van der Waals surface area contributed by atoms with Gasteiger partial charge in [-0.2, -0.15) is 5.26 Å². The van der Waals surface area contributed by atoms with Crippen LogP contribution in [0.1, 0.15) is 72.2 Å². The summed E-state index contributed by atoms with van der Waals surface area (Å²) in [5.74, 6) is 0.429. The molecule has 4 aromatic rings. The van der Waals surface area contributed by atoms with Crippen LogP contribution in [0, 0.1) is 18.3 Å². The molecular weight excluding hydrogens is 540 g/mol. The van der Waals surface area contributed by atoms with E-state index in [-0.39, 0.29) is 17.4 Å². The second kappa shape index (κ2) is 12.4. The predicted molar refractivity (Wildman–Crippen MR) is 157 cm³/mol. The lowest BCUT2D eigenvalue weighted by atomic mass is 9.83. The normalized spacial score (nSPS) is 14.3. The van der Waals surface area contributed by atoms with E-state index >= 15 is 0 Å². The van der Waals surface area contributed by atoms with Crippen molar-refractivity contribution in [2.75, 3.05) is 6.61 Å². The molecule has 0 saturated heterocycles. The van der Waals surface area contributed by atoms with Gasteiger partial charge in [-0.1, -0.05) is 62.4 Å². The van der Waals surface area contributed by atoms with Gasteiger partial charge in [-0.3, -0.25) is 0 Å². The number of nitrogens with two attached hydrogens (primary N) is 1. The minimum Gasteiger partial charge on any atom is -0.494 e. The molecule has 1 aliphatic heterocycles. The van der Waals surface area contributed by atoms with E-state index in [9.17, 15) is 10.1 Å². The number of rotatable bonds is 10. The fourth-order valence-corrected chi connectivity index (χ4v) is 5.21. The Morgan fingerprint density at radius 1 is 1.02 bits per heavy atom. The number of halogens is 1. The highest BCUT2D eigenvalue weighted by Crippen LogP contribution is 2.44. The van der Waals surface area contributed by atoms with Crippen molar-refractivity contribution in [3.05, 3.63) is 99.6 Å². The summed E-state index contributed by atoms with van der Waals surface area (Å²) in [7, 11) is 0. The van der Waals surface area contributed by atoms with Crippen LogP contribution in [0.3, 0.4) is 0 Å². The second-order valence-electron chi connectivity index (χ2n) is 10.0. The number of allylic oxidation sites excluding steroid dienone is 1. The lowest BCUT2D eigenvalue weighted by molar-refractivity contribution is 0.0702. The third kappa shape index (κ3) is 6.03. The fourth-order valence-electron chi connectivity index (χ4n) is 5.04. The highest BCUT2D eigenvalue weighted by atomic mass is 35.5. The first-order chi connectivity index (χ1) is 19.9. The zero-order chi connectivity index (χ0) is 28.9. The SMILES string of the molecule is CCCCCCCOc1ccc(C2C(C#N)=C(N)Oc3cc(OC(=O)c4oc5ccc(Cl)cc5c4C)ccc32)cc1. The summed E-state index contributed by atoms with van der Waals surface area (Å²) in [6.07, 6.45) is 5.86. The van der Waals surface area contributed by atoms with Crippen molar-refractivity contribution in [2.45, 2.75) is 51.9 Å². The Labute approximate surface area is 244 Å². The van der Waals surface area contributed by atoms with Crippen molar-refractivity contribution in [2.24, 2.45) is 5.73 Å². The number of carbonyl (C=O) groups is 1. The van der Waals surface area contributed by atoms with E-state index in [0.29, 0.717) is 34.1 Å². The lowest BCUT2D eigenvalue weighted by Crippen LogP contribution is -2.21. The van der Waals surface area contributed by atoms with Gasteiger partial charge in [-0.05, 0) is 55.3 Å². The molecule has 1 unspecified atom stereocenters. The molecule has 210 valence electrons. The van der Waals surface area contributed by atoms with Gasteiger partial charge in [0.05, 0.1) is 12.5 Å². The van der Waals surface area contributed by atoms with Crippen LogP contribution in [0.5, 0.6) is 17.2 Å². The lowest BCUT2D eigenvalue weighted by Gasteiger charge is -2.26. The maximum atomic E-state index is 13.0. The Kier molecular flexibility index (Phi) is 8.51. The monoisotopic (exact) mass is 570 g/mol. The van der Waals surface area contributed by atoms with Crippen LogP contribution < -0.4 is 19.9 Å². The summed E-state index contributed by atoms with van der Waals surface area (Å²) in [6, 6.07) is 20.0. The number of furan rings is 1. The van der Waals surface area contributed by atoms with Crippen LogP contribution in [0.15, 0.2) is 76.5 Å². The Balaban J connectivity index is 1.34. The number of nitriles is 1. The molecule has 0 amide bonds. The van der Waals surface area contributed by atoms with Gasteiger partial charge < -0.3 is 24.4 Å². The van der Waals surface area contributed by atoms with Gasteiger partial charge in [0.25, 0.3) is 0 Å². The molecule has 0 radical (unpaired) electrons. The van der Waals surface area contributed by atoms with E-state index in [0.717, 1.165) is 35.1 Å². The van der Waals surface area contributed by atoms with Gasteiger partial charge in [0.15, 0.2) is 0 Å². The van der Waals surface area contributed by atoms with Crippen LogP contribution in [0.25, 0.3) is 11.0 Å². The number of benzene rings is 3. The van der Waals surface area contributed by atoms with Crippen molar-refractivity contribution in [1.82, 2.24) is 0 Å². The summed E-state index contributed by atoms with van der Waals surface area (Å²) in [6.45, 7) is 4.64. The van der Waals surface area contributed by atoms with Crippen LogP contribution in [0.2, 0.25) is 5.02 Å². The molecule has 0 aliphatic carbocycles. The average molecular weight is 571 g/mol. The number of hydrogen-bond acceptors (Lipinski definition) is 7. The number of nitrogens with zero attached hydrogens (tertiary/aromatic N) is 1. The minimum absolute atomic E-state index is 0.00545. The molecule has 5 rings (SSSR count). The zero-order valence-corrected chi connectivity index (χ0v) is 23.8. The quantitative estimate of drug-likeness (QED) is 0.116. The van der Waals surface area contributed by atoms with E-state index in [4.69, 9.17) is 36.0 Å². The number of carbonyl (C=O) groups excluding carboxylic acids is 1. The zero-order valence-electron chi connectivity index (χ0n) is 23.0. The van der Waals surface area contributed by atoms with E-state index < -0.39 is 11.9 Å². The Morgan fingerprint density at radius 2 is 1.78 bits per heavy atom. The smallest absolute Gasteiger partial charge is 0.379 e. The number of hydrogen-bond donors (Lipinski definition) is 1. The second-order valence-corrected chi connectivity index (χ2v) is 10.5. The van der Waals surface area contributed by atoms with E-state index in [1.54, 1.807) is 43.3 Å². The summed E-state index contributed by atoms with van der Waals surface area (Å²) in [5, 5.41) is 11.2. The maximum Gasteiger partial charge on any atom is 0.379 e. The van der Waals surface area contributed by atoms with Gasteiger partial charge in [0.1, 0.15) is 34.5 Å². The maximum absolute atomic E-state index is 13.0. The van der Waals surface area contributed by atoms with Gasteiger partial charge in [-0.15, -0.1) is 0 Å². The van der Waals surface area contributed by atoms with Gasteiger partial charge >= 0.3 is 5.97 Å². The number of esters is 1. The van der Waals surface area contributed by atoms with Crippen LogP contribution >= 0.6 is 11.6 Å². The third-order valence-electron chi connectivity index (χ3n) is 7.21. The molecule has 1 atom stereocenters. The Morgan fingerprint density at radius 3 is 2.54 bits per heavy atom. The third-order valence-corrected chi connectivity index (χ3v) is 7.45. The van der Waals surface area contributed by atoms with Crippen molar-refractivity contribution in [3.8, 4) is 23.3 Å². The Hall–Kier alpha value is -4.41. The summed E-state index contributed by atoms with van der Waals surface area (Å²) in [4.78, 5) is 13.0. The predicted octanol–water partition coefficient (Wildman–Crippen LogP) is 8.18. The van der Waals surface area contributed by atoms with Gasteiger partial charge in [0, 0.05) is 27.6 Å². The molecular formula is C33H31ClN2O5. The van der Waals surface area contributed by atoms with Crippen molar-refractivity contribution < 1.29 is 23.4 Å². The fraction of sp³-hybridized carbons (Fsp3) is 0.273. The minimum atomic E-state index is -0.649. The highest BCUT2D eigenvalue weighted by molar-refractivity contribution is 6.31. The van der Waals surface area contributed by atoms with Crippen LogP contribution in [-0.4, -0.2) is 12.6 Å². The van der Waals surface area contributed by atoms with Crippen LogP contribution in [0.4, 0.5) is 0 Å². The van der Waals surface area contributed by atoms with Gasteiger partial charge in [0.2, 0.25) is 11.6 Å². The molecule has 41 heavy (non-hydrogen) atoms. The molecule has 3 aromatic carbocycles. The Bertz CT molecular complexity index is 1650. The number of unbranched alkanes of at least 4 members (excludes halogenated alkanes) is 4. The molecule has 1 aromatic heterocycles. The molecule has 0 saturated carbocycles. The van der Waals surface area contributed by atoms with Crippen LogP contribution in [-0.2, 0) is 0 Å². The molecule has 2 N–H and O–H groups in total. The van der Waals surface area contributed by atoms with Gasteiger partial charge in [-0.25, -0.2) is 4.79 Å². The molecule has 0 fully saturated rings. The summed E-state index contributed by atoms with van der Waals surface area (Å²) >= 11 is 6.10. The summed E-state index contributed by atoms with van der Waals surface area (Å²) in [5.41, 5.74) is 9.26. The number of ether oxygens (including phenoxy) is 3. The topological polar surface area (TPSA) is 108 Å². The van der Waals surface area contributed by atoms with Crippen molar-refractivity contribution >= 4 is 28.5 Å². The molecule has 0 bridgehead atoms. The molecule has 1 aliphatic rings. The molecule has 0 spiro atoms. The van der Waals surface area contributed by atoms with Crippen molar-refractivity contribution in [1.29, 1.82) is 5.26 Å². The van der Waals surface area contributed by atoms with E-state index in [1.807, 2.05) is 24.3 Å². The summed E-state index contributed by atoms with van der Waals surface area (Å²) < 4.78 is 23.1. The molecule has 2 heterocycles. The number of fused-ring (bicyclic) bond motifs is 2. The van der Waals surface area contributed by atoms with Crippen molar-refractivity contribution in [3.63, 3.8) is 0 Å². The number of aryl methyl sites for hydroxylation is 1. The average Bonchev–Trinajstić information content (AvgIpc) is 3.30. The standard InChI is InChI=1S/C33H31ClN2O5/c1-3-4-5-6-7-16-38-23-11-8-21(9-12-23)30-25-14-13-24(18-29(25)41-32(36)27(30)19-35)39-33(37)31-20(2)26-17-22(34)10-15-28(26)40-31/h8-15,17-18,30H,3-7,16,36H2,1-2H3. The van der Waals surface area contributed by atoms with E-state index in [1.165, 1.54) is 19.3 Å². The molecule has 8 heteroatoms. The highest BCUT2D eigenvalue weighted by Gasteiger charge is 2.31.